The Bertz CT molecular complexity index is 1240. The molecule has 4 N–H and O–H groups in total. The molecule has 4 fully saturated rings. The van der Waals surface area contributed by atoms with Crippen molar-refractivity contribution in [3.63, 3.8) is 0 Å². The molecule has 0 spiro atoms. The first-order valence-corrected chi connectivity index (χ1v) is 19.8. The number of nitrogens with zero attached hydrogens (tertiary/aromatic N) is 2. The Labute approximate surface area is 323 Å². The lowest BCUT2D eigenvalue weighted by Crippen LogP contribution is -2.60. The number of rotatable bonds is 7. The van der Waals surface area contributed by atoms with E-state index in [9.17, 15) is 25.1 Å². The van der Waals surface area contributed by atoms with Crippen molar-refractivity contribution in [2.24, 2.45) is 17.8 Å². The van der Waals surface area contributed by atoms with Gasteiger partial charge in [-0.1, -0.05) is 20.8 Å². The van der Waals surface area contributed by atoms with E-state index in [1.165, 1.54) is 7.11 Å². The number of methoxy groups -OCH3 is 1. The Balaban J connectivity index is 1.83. The zero-order valence-corrected chi connectivity index (χ0v) is 35.1. The molecule has 0 aliphatic carbocycles. The molecular weight excluding hydrogens is 703 g/mol. The van der Waals surface area contributed by atoms with Crippen molar-refractivity contribution in [3.8, 4) is 0 Å². The van der Waals surface area contributed by atoms with Crippen LogP contribution in [0, 0.1) is 17.8 Å². The maximum atomic E-state index is 14.4. The first-order valence-electron chi connectivity index (χ1n) is 19.8. The number of aliphatic hydroxyl groups excluding tert-OH is 2. The van der Waals surface area contributed by atoms with Gasteiger partial charge in [-0.25, -0.2) is 0 Å². The van der Waals surface area contributed by atoms with Gasteiger partial charge in [0.1, 0.15) is 23.9 Å². The Morgan fingerprint density at radius 1 is 1.02 bits per heavy atom. The lowest BCUT2D eigenvalue weighted by Gasteiger charge is -2.48. The minimum Gasteiger partial charge on any atom is -0.459 e. The van der Waals surface area contributed by atoms with Crippen molar-refractivity contribution in [1.82, 2.24) is 9.80 Å². The molecule has 0 aromatic carbocycles. The lowest BCUT2D eigenvalue weighted by molar-refractivity contribution is -0.318. The Kier molecular flexibility index (Phi) is 15.1. The topological polar surface area (TPSA) is 178 Å². The summed E-state index contributed by atoms with van der Waals surface area (Å²) in [5, 5.41) is 45.8. The summed E-state index contributed by atoms with van der Waals surface area (Å²) in [6.45, 7) is 18.9. The van der Waals surface area contributed by atoms with Crippen LogP contribution in [-0.2, 0) is 42.5 Å². The van der Waals surface area contributed by atoms with Crippen LogP contribution in [0.5, 0.6) is 0 Å². The summed E-state index contributed by atoms with van der Waals surface area (Å²) in [5.74, 6) is -2.38. The van der Waals surface area contributed by atoms with Crippen LogP contribution < -0.4 is 0 Å². The summed E-state index contributed by atoms with van der Waals surface area (Å²) in [4.78, 5) is 18.5. The van der Waals surface area contributed by atoms with Gasteiger partial charge in [0.15, 0.2) is 12.6 Å². The van der Waals surface area contributed by atoms with Crippen LogP contribution in [-0.4, -0.2) is 169 Å². The monoisotopic (exact) mass is 775 g/mol. The third-order valence-electron chi connectivity index (χ3n) is 12.8. The Morgan fingerprint density at radius 2 is 1.67 bits per heavy atom. The zero-order valence-electron chi connectivity index (χ0n) is 35.1. The van der Waals surface area contributed by atoms with Crippen molar-refractivity contribution in [1.29, 1.82) is 0 Å². The molecular formula is C38H71BN2O13. The van der Waals surface area contributed by atoms with Gasteiger partial charge in [0, 0.05) is 38.1 Å². The maximum absolute atomic E-state index is 14.4. The van der Waals surface area contributed by atoms with Gasteiger partial charge in [0.05, 0.1) is 47.6 Å². The molecule has 0 aromatic heterocycles. The van der Waals surface area contributed by atoms with Crippen molar-refractivity contribution < 1.29 is 62.9 Å². The van der Waals surface area contributed by atoms with Crippen LogP contribution in [0.25, 0.3) is 0 Å². The van der Waals surface area contributed by atoms with Gasteiger partial charge in [-0.3, -0.25) is 4.79 Å². The van der Waals surface area contributed by atoms with E-state index < -0.39 is 97.2 Å². The number of carbonyl (C=O) groups excluding carboxylic acids is 1. The molecule has 15 nitrogen and oxygen atoms in total. The minimum atomic E-state index is -1.53. The minimum absolute atomic E-state index is 0.0944. The Morgan fingerprint density at radius 3 is 2.26 bits per heavy atom. The zero-order chi connectivity index (χ0) is 40.7. The summed E-state index contributed by atoms with van der Waals surface area (Å²) >= 11 is 0. The van der Waals surface area contributed by atoms with E-state index in [4.69, 9.17) is 37.7 Å². The summed E-state index contributed by atoms with van der Waals surface area (Å²) < 4.78 is 50.0. The number of hydrogen-bond donors (Lipinski definition) is 4. The van der Waals surface area contributed by atoms with Gasteiger partial charge in [0.25, 0.3) is 0 Å². The molecule has 4 rings (SSSR count). The molecule has 0 amide bonds. The molecule has 0 bridgehead atoms. The van der Waals surface area contributed by atoms with Crippen molar-refractivity contribution in [2.45, 2.75) is 185 Å². The third-order valence-corrected chi connectivity index (χ3v) is 12.8. The van der Waals surface area contributed by atoms with Crippen molar-refractivity contribution in [3.05, 3.63) is 0 Å². The normalized spacial score (nSPS) is 49.3. The molecule has 4 heterocycles. The number of ether oxygens (including phenoxy) is 6. The number of fused-ring (bicyclic) bond motifs is 1. The molecule has 4 saturated heterocycles. The van der Waals surface area contributed by atoms with E-state index >= 15 is 0 Å². The van der Waals surface area contributed by atoms with E-state index in [1.807, 2.05) is 60.7 Å². The van der Waals surface area contributed by atoms with Gasteiger partial charge >= 0.3 is 13.3 Å². The van der Waals surface area contributed by atoms with E-state index in [2.05, 4.69) is 4.90 Å². The highest BCUT2D eigenvalue weighted by Gasteiger charge is 2.58. The molecule has 54 heavy (non-hydrogen) atoms. The molecule has 0 saturated carbocycles. The van der Waals surface area contributed by atoms with Crippen molar-refractivity contribution >= 4 is 13.3 Å². The van der Waals surface area contributed by atoms with Gasteiger partial charge < -0.3 is 67.9 Å². The van der Waals surface area contributed by atoms with Crippen LogP contribution in [0.2, 0.25) is 0 Å². The molecule has 0 aromatic rings. The fraction of sp³-hybridized carbons (Fsp3) is 0.974. The fourth-order valence-electron chi connectivity index (χ4n) is 9.46. The van der Waals surface area contributed by atoms with Gasteiger partial charge in [-0.15, -0.1) is 0 Å². The van der Waals surface area contributed by atoms with Gasteiger partial charge in [0.2, 0.25) is 0 Å². The van der Waals surface area contributed by atoms with Crippen LogP contribution in [0.4, 0.5) is 0 Å². The maximum Gasteiger partial charge on any atom is 0.637 e. The molecule has 8 unspecified atom stereocenters. The van der Waals surface area contributed by atoms with Gasteiger partial charge in [-0.2, -0.15) is 0 Å². The number of carbonyl (C=O) groups is 1. The second-order valence-corrected chi connectivity index (χ2v) is 17.7. The highest BCUT2D eigenvalue weighted by Crippen LogP contribution is 2.42. The predicted molar refractivity (Wildman–Crippen MR) is 200 cm³/mol. The second kappa shape index (κ2) is 17.9. The van der Waals surface area contributed by atoms with E-state index in [1.54, 1.807) is 34.6 Å². The van der Waals surface area contributed by atoms with Crippen LogP contribution in [0.1, 0.15) is 94.9 Å². The lowest BCUT2D eigenvalue weighted by atomic mass is 9.77. The van der Waals surface area contributed by atoms with Crippen LogP contribution in [0.3, 0.4) is 0 Å². The standard InChI is InChI=1S/C38H71BN2O13/c1-15-27-38(10)33(53-39(46)54-38)24(6)41(13)19-20(2)17-36(8,45)32(52-35-29(42)26(40(11)12)16-21(3)48-35)22(4)30(23(5)34(44)50-27)51-28-18-37(9,47-14)31(43)25(7)49-28/h20-33,35,42-43,45-46H,15-19H2,1-14H3/t20-,21?,22+,23-,24-,25?,26?,27-,28?,29?,30+,31?,32-,33-,35?,36-,37?,38-/m1/s1. The Hall–Kier alpha value is -0.985. The molecule has 18 atom stereocenters. The molecule has 4 aliphatic heterocycles. The largest absolute Gasteiger partial charge is 0.637 e. The van der Waals surface area contributed by atoms with Crippen molar-refractivity contribution in [2.75, 3.05) is 34.8 Å². The van der Waals surface area contributed by atoms with Crippen LogP contribution >= 0.6 is 0 Å². The number of esters is 1. The highest BCUT2D eigenvalue weighted by molar-refractivity contribution is 6.35. The molecule has 16 heteroatoms. The number of likely N-dealkylation sites (N-methyl/N-ethyl adjacent to an activating group) is 2. The average Bonchev–Trinajstić information content (AvgIpc) is 3.40. The third kappa shape index (κ3) is 9.65. The van der Waals surface area contributed by atoms with E-state index in [0.717, 1.165) is 0 Å². The average molecular weight is 775 g/mol. The second-order valence-electron chi connectivity index (χ2n) is 17.7. The predicted octanol–water partition coefficient (Wildman–Crippen LogP) is 1.94. The summed E-state index contributed by atoms with van der Waals surface area (Å²) in [6, 6.07) is -0.552. The summed E-state index contributed by atoms with van der Waals surface area (Å²) in [6.07, 6.45) is -7.01. The smallest absolute Gasteiger partial charge is 0.459 e. The fourth-order valence-corrected chi connectivity index (χ4v) is 9.46. The molecule has 4 aliphatic rings. The number of cyclic esters (lactones) is 1. The van der Waals surface area contributed by atoms with Gasteiger partial charge in [-0.05, 0) is 94.8 Å². The molecule has 0 radical (unpaired) electrons. The number of aliphatic hydroxyl groups is 3. The first kappa shape index (κ1) is 45.7. The van der Waals surface area contributed by atoms with E-state index in [0.29, 0.717) is 19.4 Å². The summed E-state index contributed by atoms with van der Waals surface area (Å²) in [5.41, 5.74) is -3.75. The van der Waals surface area contributed by atoms with E-state index in [-0.39, 0.29) is 36.9 Å². The SMILES string of the molecule is CC[C@H]1OC(=O)[C@H](C)[C@@H](OC2CC(C)(OC)C(O)C(C)O2)[C@H](C)[C@@H](OC2OC(C)CC(N(C)C)C2O)[C@](C)(O)C[C@@H](C)CN(C)[C@H](C)[C@H]2OB(O)O[C@@]21C. The first-order chi connectivity index (χ1) is 25.0. The molecule has 314 valence electrons. The van der Waals surface area contributed by atoms with Crippen LogP contribution in [0.15, 0.2) is 0 Å². The highest BCUT2D eigenvalue weighted by atomic mass is 16.7. The number of hydrogen-bond acceptors (Lipinski definition) is 15. The summed E-state index contributed by atoms with van der Waals surface area (Å²) in [7, 11) is 5.76. The quantitative estimate of drug-likeness (QED) is 0.218.